The van der Waals surface area contributed by atoms with Crippen LogP contribution in [-0.2, 0) is 0 Å². The number of nitrogens with zero attached hydrogens (tertiary/aromatic N) is 2. The van der Waals surface area contributed by atoms with Crippen LogP contribution in [0.5, 0.6) is 11.5 Å². The smallest absolute Gasteiger partial charge is 0.145 e. The van der Waals surface area contributed by atoms with Crippen molar-refractivity contribution in [2.24, 2.45) is 0 Å². The Morgan fingerprint density at radius 3 is 2.16 bits per heavy atom. The van der Waals surface area contributed by atoms with Crippen LogP contribution in [0.1, 0.15) is 11.1 Å². The van der Waals surface area contributed by atoms with Gasteiger partial charge < -0.3 is 10.5 Å². The average Bonchev–Trinajstić information content (AvgIpc) is 2.42. The van der Waals surface area contributed by atoms with E-state index in [1.54, 1.807) is 24.3 Å². The summed E-state index contributed by atoms with van der Waals surface area (Å²) in [5.74, 6) is 0.684. The van der Waals surface area contributed by atoms with Gasteiger partial charge in [0.25, 0.3) is 0 Å². The predicted molar refractivity (Wildman–Crippen MR) is 71.8 cm³/mol. The van der Waals surface area contributed by atoms with Gasteiger partial charge in [0.2, 0.25) is 0 Å². The molecule has 0 saturated heterocycles. The van der Waals surface area contributed by atoms with Crippen LogP contribution in [0.25, 0.3) is 0 Å². The fourth-order valence-corrected chi connectivity index (χ4v) is 1.69. The number of anilines is 1. The minimum atomic E-state index is 0.299. The highest BCUT2D eigenvalue weighted by Crippen LogP contribution is 2.30. The van der Waals surface area contributed by atoms with Crippen molar-refractivity contribution in [3.05, 3.63) is 52.5 Å². The lowest BCUT2D eigenvalue weighted by molar-refractivity contribution is 0.479. The van der Waals surface area contributed by atoms with Gasteiger partial charge in [0, 0.05) is 10.7 Å². The van der Waals surface area contributed by atoms with Crippen LogP contribution in [-0.4, -0.2) is 0 Å². The van der Waals surface area contributed by atoms with Gasteiger partial charge in [0.05, 0.1) is 11.1 Å². The molecule has 2 aromatic rings. The third kappa shape index (κ3) is 2.77. The van der Waals surface area contributed by atoms with Crippen molar-refractivity contribution in [3.8, 4) is 23.6 Å². The number of nitrogen functional groups attached to an aromatic ring is 1. The third-order valence-electron chi connectivity index (χ3n) is 2.41. The van der Waals surface area contributed by atoms with Crippen LogP contribution >= 0.6 is 11.6 Å². The maximum Gasteiger partial charge on any atom is 0.145 e. The van der Waals surface area contributed by atoms with Crippen molar-refractivity contribution in [1.82, 2.24) is 0 Å². The Kier molecular flexibility index (Phi) is 3.56. The van der Waals surface area contributed by atoms with E-state index in [0.29, 0.717) is 33.3 Å². The Morgan fingerprint density at radius 2 is 1.53 bits per heavy atom. The zero-order valence-corrected chi connectivity index (χ0v) is 10.5. The summed E-state index contributed by atoms with van der Waals surface area (Å²) in [7, 11) is 0. The van der Waals surface area contributed by atoms with Gasteiger partial charge in [-0.2, -0.15) is 10.5 Å². The molecule has 0 spiro atoms. The maximum atomic E-state index is 9.02. The van der Waals surface area contributed by atoms with E-state index in [1.165, 1.54) is 12.1 Å². The number of nitriles is 2. The second-order valence-electron chi connectivity index (χ2n) is 3.72. The highest BCUT2D eigenvalue weighted by molar-refractivity contribution is 6.30. The van der Waals surface area contributed by atoms with Gasteiger partial charge in [0.15, 0.2) is 0 Å². The Morgan fingerprint density at radius 1 is 0.947 bits per heavy atom. The van der Waals surface area contributed by atoms with Gasteiger partial charge in [-0.05, 0) is 36.4 Å². The van der Waals surface area contributed by atoms with Crippen LogP contribution in [0.15, 0.2) is 36.4 Å². The Balaban J connectivity index is 2.43. The second-order valence-corrected chi connectivity index (χ2v) is 4.16. The molecule has 0 atom stereocenters. The van der Waals surface area contributed by atoms with Crippen molar-refractivity contribution in [2.45, 2.75) is 0 Å². The number of nitrogens with two attached hydrogens (primary N) is 1. The maximum absolute atomic E-state index is 9.02. The summed E-state index contributed by atoms with van der Waals surface area (Å²) < 4.78 is 5.57. The molecule has 2 rings (SSSR count). The largest absolute Gasteiger partial charge is 0.455 e. The van der Waals surface area contributed by atoms with Crippen molar-refractivity contribution < 1.29 is 4.74 Å². The van der Waals surface area contributed by atoms with Crippen LogP contribution in [0, 0.1) is 22.7 Å². The fourth-order valence-electron chi connectivity index (χ4n) is 1.52. The molecule has 4 nitrogen and oxygen atoms in total. The summed E-state index contributed by atoms with van der Waals surface area (Å²) in [4.78, 5) is 0. The van der Waals surface area contributed by atoms with E-state index in [4.69, 9.17) is 32.6 Å². The predicted octanol–water partition coefficient (Wildman–Crippen LogP) is 3.46. The monoisotopic (exact) mass is 269 g/mol. The Hall–Kier alpha value is -2.69. The molecule has 0 aliphatic heterocycles. The highest BCUT2D eigenvalue weighted by atomic mass is 35.5. The SMILES string of the molecule is N#Cc1cc(N)ccc1Oc1ccc(Cl)cc1C#N. The molecule has 0 unspecified atom stereocenters. The lowest BCUT2D eigenvalue weighted by Gasteiger charge is -2.09. The molecule has 5 heteroatoms. The normalized spacial score (nSPS) is 9.42. The summed E-state index contributed by atoms with van der Waals surface area (Å²) in [6.45, 7) is 0. The molecule has 0 saturated carbocycles. The minimum absolute atomic E-state index is 0.299. The summed E-state index contributed by atoms with van der Waals surface area (Å²) in [5.41, 5.74) is 6.67. The van der Waals surface area contributed by atoms with Gasteiger partial charge >= 0.3 is 0 Å². The van der Waals surface area contributed by atoms with Gasteiger partial charge in [-0.1, -0.05) is 11.6 Å². The molecular weight excluding hydrogens is 262 g/mol. The van der Waals surface area contributed by atoms with Crippen LogP contribution < -0.4 is 10.5 Å². The first-order chi connectivity index (χ1) is 9.13. The fraction of sp³-hybridized carbons (Fsp3) is 0. The number of hydrogen-bond acceptors (Lipinski definition) is 4. The topological polar surface area (TPSA) is 82.8 Å². The van der Waals surface area contributed by atoms with Gasteiger partial charge in [-0.25, -0.2) is 0 Å². The van der Waals surface area contributed by atoms with Crippen molar-refractivity contribution >= 4 is 17.3 Å². The summed E-state index contributed by atoms with van der Waals surface area (Å²) in [6, 6.07) is 13.4. The van der Waals surface area contributed by atoms with Gasteiger partial charge in [0.1, 0.15) is 23.6 Å². The zero-order chi connectivity index (χ0) is 13.8. The molecule has 0 aliphatic rings. The summed E-state index contributed by atoms with van der Waals surface area (Å²) >= 11 is 5.80. The number of ether oxygens (including phenoxy) is 1. The minimum Gasteiger partial charge on any atom is -0.455 e. The Labute approximate surface area is 115 Å². The lowest BCUT2D eigenvalue weighted by atomic mass is 10.2. The Bertz CT molecular complexity index is 652. The molecule has 0 heterocycles. The summed E-state index contributed by atoms with van der Waals surface area (Å²) in [5, 5.41) is 18.5. The molecule has 0 amide bonds. The molecule has 0 aliphatic carbocycles. The number of rotatable bonds is 2. The quantitative estimate of drug-likeness (QED) is 0.846. The van der Waals surface area contributed by atoms with E-state index in [0.717, 1.165) is 0 Å². The van der Waals surface area contributed by atoms with Gasteiger partial charge in [-0.3, -0.25) is 0 Å². The lowest BCUT2D eigenvalue weighted by Crippen LogP contribution is -1.93. The van der Waals surface area contributed by atoms with Crippen LogP contribution in [0.3, 0.4) is 0 Å². The number of hydrogen-bond donors (Lipinski definition) is 1. The molecular formula is C14H8ClN3O. The number of benzene rings is 2. The third-order valence-corrected chi connectivity index (χ3v) is 2.64. The van der Waals surface area contributed by atoms with E-state index in [1.807, 2.05) is 12.1 Å². The van der Waals surface area contributed by atoms with Gasteiger partial charge in [-0.15, -0.1) is 0 Å². The molecule has 92 valence electrons. The molecule has 2 N–H and O–H groups in total. The van der Waals surface area contributed by atoms with Crippen LogP contribution in [0.2, 0.25) is 5.02 Å². The molecule has 0 radical (unpaired) electrons. The van der Waals surface area contributed by atoms with Crippen LogP contribution in [0.4, 0.5) is 5.69 Å². The first kappa shape index (κ1) is 12.8. The van der Waals surface area contributed by atoms with E-state index >= 15 is 0 Å². The van der Waals surface area contributed by atoms with E-state index < -0.39 is 0 Å². The molecule has 0 bridgehead atoms. The van der Waals surface area contributed by atoms with Crippen molar-refractivity contribution in [2.75, 3.05) is 5.73 Å². The molecule has 0 aromatic heterocycles. The van der Waals surface area contributed by atoms with E-state index in [-0.39, 0.29) is 0 Å². The molecule has 0 fully saturated rings. The molecule has 2 aromatic carbocycles. The van der Waals surface area contributed by atoms with E-state index in [2.05, 4.69) is 0 Å². The zero-order valence-electron chi connectivity index (χ0n) is 9.72. The standard InChI is InChI=1S/C14H8ClN3O/c15-11-1-3-13(9(5-11)7-16)19-14-4-2-12(18)6-10(14)8-17/h1-6H,18H2. The first-order valence-corrected chi connectivity index (χ1v) is 5.69. The first-order valence-electron chi connectivity index (χ1n) is 5.31. The van der Waals surface area contributed by atoms with Crippen molar-refractivity contribution in [3.63, 3.8) is 0 Å². The number of halogens is 1. The highest BCUT2D eigenvalue weighted by Gasteiger charge is 2.09. The summed E-state index contributed by atoms with van der Waals surface area (Å²) in [6.07, 6.45) is 0. The average molecular weight is 270 g/mol. The van der Waals surface area contributed by atoms with E-state index in [9.17, 15) is 0 Å². The second kappa shape index (κ2) is 5.30. The molecule has 19 heavy (non-hydrogen) atoms. The van der Waals surface area contributed by atoms with Crippen molar-refractivity contribution in [1.29, 1.82) is 10.5 Å².